The molecule has 0 bridgehead atoms. The zero-order valence-corrected chi connectivity index (χ0v) is 11.3. The molecule has 0 spiro atoms. The molecular weight excluding hydrogens is 242 g/mol. The van der Waals surface area contributed by atoms with Crippen LogP contribution in [0.1, 0.15) is 31.6 Å². The molecule has 0 radical (unpaired) electrons. The van der Waals surface area contributed by atoms with Crippen LogP contribution >= 0.6 is 22.9 Å². The second kappa shape index (κ2) is 5.50. The monoisotopic (exact) mass is 259 g/mol. The van der Waals surface area contributed by atoms with Crippen LogP contribution in [-0.4, -0.2) is 18.2 Å². The molecule has 1 aromatic rings. The van der Waals surface area contributed by atoms with Crippen molar-refractivity contribution in [3.8, 4) is 0 Å². The maximum absolute atomic E-state index is 6.06. The van der Waals surface area contributed by atoms with E-state index in [-0.39, 0.29) is 0 Å². The molecule has 16 heavy (non-hydrogen) atoms. The summed E-state index contributed by atoms with van der Waals surface area (Å²) in [7, 11) is 0. The maximum atomic E-state index is 6.06. The molecule has 0 amide bonds. The summed E-state index contributed by atoms with van der Waals surface area (Å²) in [5.74, 6) is 0. The second-order valence-electron chi connectivity index (χ2n) is 4.50. The quantitative estimate of drug-likeness (QED) is 0.898. The van der Waals surface area contributed by atoms with Gasteiger partial charge in [0.1, 0.15) is 0 Å². The smallest absolute Gasteiger partial charge is 0.0565 e. The Morgan fingerprint density at radius 3 is 2.69 bits per heavy atom. The van der Waals surface area contributed by atoms with E-state index in [0.29, 0.717) is 18.2 Å². The van der Waals surface area contributed by atoms with Gasteiger partial charge in [0.2, 0.25) is 0 Å². The number of thiophene rings is 1. The van der Waals surface area contributed by atoms with Crippen LogP contribution in [0.15, 0.2) is 11.4 Å². The lowest BCUT2D eigenvalue weighted by Gasteiger charge is -2.32. The molecule has 2 atom stereocenters. The fourth-order valence-electron chi connectivity index (χ4n) is 2.26. The fourth-order valence-corrected chi connectivity index (χ4v) is 3.31. The molecule has 2 nitrogen and oxygen atoms in total. The summed E-state index contributed by atoms with van der Waals surface area (Å²) in [5.41, 5.74) is 0. The van der Waals surface area contributed by atoms with Crippen molar-refractivity contribution in [2.45, 2.75) is 51.5 Å². The van der Waals surface area contributed by atoms with Crippen molar-refractivity contribution in [1.29, 1.82) is 0 Å². The highest BCUT2D eigenvalue weighted by molar-refractivity contribution is 7.10. The molecule has 1 aliphatic heterocycles. The van der Waals surface area contributed by atoms with Crippen LogP contribution in [0, 0.1) is 0 Å². The van der Waals surface area contributed by atoms with Crippen molar-refractivity contribution in [3.05, 3.63) is 21.3 Å². The number of hydrogen-bond donors (Lipinski definition) is 1. The van der Waals surface area contributed by atoms with E-state index in [2.05, 4.69) is 19.2 Å². The molecule has 0 aromatic carbocycles. The van der Waals surface area contributed by atoms with Crippen LogP contribution < -0.4 is 5.32 Å². The highest BCUT2D eigenvalue weighted by Gasteiger charge is 2.23. The molecule has 1 saturated heterocycles. The van der Waals surface area contributed by atoms with Gasteiger partial charge in [0, 0.05) is 17.5 Å². The second-order valence-corrected chi connectivity index (χ2v) is 5.91. The van der Waals surface area contributed by atoms with Crippen LogP contribution in [0.25, 0.3) is 0 Å². The molecule has 90 valence electrons. The summed E-state index contributed by atoms with van der Waals surface area (Å²) < 4.78 is 5.71. The van der Waals surface area contributed by atoms with Gasteiger partial charge in [-0.1, -0.05) is 11.6 Å². The Balaban J connectivity index is 1.84. The first-order valence-corrected chi connectivity index (χ1v) is 7.01. The van der Waals surface area contributed by atoms with Gasteiger partial charge in [-0.3, -0.25) is 0 Å². The van der Waals surface area contributed by atoms with E-state index in [1.807, 2.05) is 11.4 Å². The Morgan fingerprint density at radius 1 is 1.44 bits per heavy atom. The molecule has 1 N–H and O–H groups in total. The van der Waals surface area contributed by atoms with Crippen molar-refractivity contribution in [3.63, 3.8) is 0 Å². The van der Waals surface area contributed by atoms with Gasteiger partial charge in [0.25, 0.3) is 0 Å². The van der Waals surface area contributed by atoms with Crippen molar-refractivity contribution in [2.24, 2.45) is 0 Å². The third-order valence-electron chi connectivity index (χ3n) is 2.94. The number of halogens is 1. The molecule has 4 heteroatoms. The van der Waals surface area contributed by atoms with Gasteiger partial charge in [-0.05, 0) is 38.1 Å². The summed E-state index contributed by atoms with van der Waals surface area (Å²) in [6, 6.07) is 2.51. The third kappa shape index (κ3) is 3.20. The van der Waals surface area contributed by atoms with Gasteiger partial charge in [0.15, 0.2) is 0 Å². The minimum atomic E-state index is 0.361. The van der Waals surface area contributed by atoms with Gasteiger partial charge in [0.05, 0.1) is 17.2 Å². The first kappa shape index (κ1) is 12.4. The average Bonchev–Trinajstić information content (AvgIpc) is 2.59. The van der Waals surface area contributed by atoms with Crippen molar-refractivity contribution >= 4 is 22.9 Å². The molecule has 0 saturated carbocycles. The first-order chi connectivity index (χ1) is 7.65. The van der Waals surface area contributed by atoms with Crippen molar-refractivity contribution in [1.82, 2.24) is 5.32 Å². The Hall–Kier alpha value is -0.0900. The minimum absolute atomic E-state index is 0.361. The van der Waals surface area contributed by atoms with Crippen LogP contribution in [0.4, 0.5) is 0 Å². The predicted molar refractivity (Wildman–Crippen MR) is 69.2 cm³/mol. The van der Waals surface area contributed by atoms with E-state index >= 15 is 0 Å². The van der Waals surface area contributed by atoms with Crippen LogP contribution in [-0.2, 0) is 11.3 Å². The van der Waals surface area contributed by atoms with E-state index in [4.69, 9.17) is 16.3 Å². The summed E-state index contributed by atoms with van der Waals surface area (Å²) in [4.78, 5) is 1.23. The number of ether oxygens (including phenoxy) is 1. The normalized spacial score (nSPS) is 30.6. The van der Waals surface area contributed by atoms with Crippen LogP contribution in [0.2, 0.25) is 5.02 Å². The zero-order chi connectivity index (χ0) is 11.5. The molecule has 1 fully saturated rings. The Kier molecular flexibility index (Phi) is 4.25. The standard InChI is InChI=1S/C12H18ClNOS/c1-8-5-10(6-9(2)15-8)14-7-12-11(13)3-4-16-12/h3-4,8-10,14H,5-7H2,1-2H3/t8-,9-/m1/s1. The fraction of sp³-hybridized carbons (Fsp3) is 0.667. The first-order valence-electron chi connectivity index (χ1n) is 5.76. The topological polar surface area (TPSA) is 21.3 Å². The van der Waals surface area contributed by atoms with E-state index in [1.54, 1.807) is 11.3 Å². The van der Waals surface area contributed by atoms with Gasteiger partial charge >= 0.3 is 0 Å². The molecule has 0 aliphatic carbocycles. The average molecular weight is 260 g/mol. The van der Waals surface area contributed by atoms with E-state index < -0.39 is 0 Å². The maximum Gasteiger partial charge on any atom is 0.0565 e. The lowest BCUT2D eigenvalue weighted by Crippen LogP contribution is -2.40. The highest BCUT2D eigenvalue weighted by Crippen LogP contribution is 2.23. The summed E-state index contributed by atoms with van der Waals surface area (Å²) in [6.07, 6.45) is 2.90. The van der Waals surface area contributed by atoms with E-state index in [1.165, 1.54) is 4.88 Å². The predicted octanol–water partition coefficient (Wildman–Crippen LogP) is 3.45. The summed E-state index contributed by atoms with van der Waals surface area (Å²) in [5, 5.41) is 6.49. The number of hydrogen-bond acceptors (Lipinski definition) is 3. The van der Waals surface area contributed by atoms with Gasteiger partial charge in [-0.25, -0.2) is 0 Å². The Labute approximate surface area is 106 Å². The number of rotatable bonds is 3. The van der Waals surface area contributed by atoms with Crippen molar-refractivity contribution < 1.29 is 4.74 Å². The molecule has 0 unspecified atom stereocenters. The highest BCUT2D eigenvalue weighted by atomic mass is 35.5. The van der Waals surface area contributed by atoms with E-state index in [9.17, 15) is 0 Å². The Morgan fingerprint density at radius 2 is 2.12 bits per heavy atom. The van der Waals surface area contributed by atoms with Crippen LogP contribution in [0.3, 0.4) is 0 Å². The molecule has 1 aromatic heterocycles. The summed E-state index contributed by atoms with van der Waals surface area (Å²) >= 11 is 7.77. The SMILES string of the molecule is C[C@@H]1CC(NCc2sccc2Cl)C[C@@H](C)O1. The molecule has 2 rings (SSSR count). The molecular formula is C12H18ClNOS. The van der Waals surface area contributed by atoms with Crippen LogP contribution in [0.5, 0.6) is 0 Å². The van der Waals surface area contributed by atoms with Gasteiger partial charge < -0.3 is 10.1 Å². The Bertz CT molecular complexity index is 332. The molecule has 2 heterocycles. The lowest BCUT2D eigenvalue weighted by molar-refractivity contribution is -0.0422. The van der Waals surface area contributed by atoms with E-state index in [0.717, 1.165) is 24.4 Å². The van der Waals surface area contributed by atoms with Gasteiger partial charge in [-0.2, -0.15) is 0 Å². The minimum Gasteiger partial charge on any atom is -0.375 e. The largest absolute Gasteiger partial charge is 0.375 e. The lowest BCUT2D eigenvalue weighted by atomic mass is 10.00. The number of nitrogens with one attached hydrogen (secondary N) is 1. The third-order valence-corrected chi connectivity index (χ3v) is 4.33. The molecule has 1 aliphatic rings. The van der Waals surface area contributed by atoms with Crippen molar-refractivity contribution in [2.75, 3.05) is 0 Å². The van der Waals surface area contributed by atoms with Gasteiger partial charge in [-0.15, -0.1) is 11.3 Å². The summed E-state index contributed by atoms with van der Waals surface area (Å²) in [6.45, 7) is 5.16. The zero-order valence-electron chi connectivity index (χ0n) is 9.70.